The number of benzene rings is 1. The number of piperidine rings is 1. The summed E-state index contributed by atoms with van der Waals surface area (Å²) in [5, 5.41) is 3.21. The van der Waals surface area contributed by atoms with Crippen LogP contribution >= 0.6 is 0 Å². The van der Waals surface area contributed by atoms with Crippen molar-refractivity contribution < 1.29 is 9.53 Å². The molecule has 5 nitrogen and oxygen atoms in total. The van der Waals surface area contributed by atoms with Gasteiger partial charge in [0, 0.05) is 39.0 Å². The van der Waals surface area contributed by atoms with Gasteiger partial charge in [-0.05, 0) is 37.8 Å². The van der Waals surface area contributed by atoms with Gasteiger partial charge in [-0.2, -0.15) is 0 Å². The van der Waals surface area contributed by atoms with Crippen LogP contribution in [0, 0.1) is 0 Å². The van der Waals surface area contributed by atoms with Gasteiger partial charge in [0.15, 0.2) is 0 Å². The molecule has 1 saturated carbocycles. The third-order valence-corrected chi connectivity index (χ3v) is 5.78. The number of rotatable bonds is 4. The molecule has 0 spiro atoms. The highest BCUT2D eigenvalue weighted by Gasteiger charge is 2.30. The molecule has 2 atom stereocenters. The number of hydrogen-bond acceptors (Lipinski definition) is 3. The molecule has 1 aliphatic carbocycles. The number of likely N-dealkylation sites (tertiary alicyclic amines) is 1. The SMILES string of the molecule is CO[C@@H]1CCCC[C@@H]1NC(=O)N1CCC(N(C)c2ccccc2)CC1. The second-order valence-corrected chi connectivity index (χ2v) is 7.28. The van der Waals surface area contributed by atoms with E-state index in [1.165, 1.54) is 18.5 Å². The standard InChI is InChI=1S/C20H31N3O2/c1-22(16-8-4-3-5-9-16)17-12-14-23(15-13-17)20(24)21-18-10-6-7-11-19(18)25-2/h3-5,8-9,17-19H,6-7,10-15H2,1-2H3,(H,21,24)/t18-,19+/m0/s1. The van der Waals surface area contributed by atoms with Crippen LogP contribution in [-0.2, 0) is 4.74 Å². The maximum absolute atomic E-state index is 12.6. The van der Waals surface area contributed by atoms with Gasteiger partial charge in [0.2, 0.25) is 0 Å². The van der Waals surface area contributed by atoms with Crippen LogP contribution in [0.2, 0.25) is 0 Å². The molecule has 0 aromatic heterocycles. The van der Waals surface area contributed by atoms with E-state index in [0.717, 1.165) is 38.8 Å². The number of nitrogens with one attached hydrogen (secondary N) is 1. The Bertz CT molecular complexity index is 543. The van der Waals surface area contributed by atoms with Gasteiger partial charge in [0.1, 0.15) is 0 Å². The number of amides is 2. The molecule has 0 unspecified atom stereocenters. The second kappa shape index (κ2) is 8.56. The highest BCUT2D eigenvalue weighted by molar-refractivity contribution is 5.74. The molecule has 0 radical (unpaired) electrons. The highest BCUT2D eigenvalue weighted by Crippen LogP contribution is 2.23. The number of ether oxygens (including phenoxy) is 1. The van der Waals surface area contributed by atoms with Crippen LogP contribution in [0.1, 0.15) is 38.5 Å². The average molecular weight is 345 g/mol. The zero-order valence-corrected chi connectivity index (χ0v) is 15.5. The quantitative estimate of drug-likeness (QED) is 0.911. The Kier molecular flexibility index (Phi) is 6.19. The van der Waals surface area contributed by atoms with Crippen molar-refractivity contribution in [1.82, 2.24) is 10.2 Å². The lowest BCUT2D eigenvalue weighted by Gasteiger charge is -2.39. The van der Waals surface area contributed by atoms with Crippen molar-refractivity contribution in [3.8, 4) is 0 Å². The number of carbonyl (C=O) groups is 1. The fourth-order valence-electron chi connectivity index (χ4n) is 4.12. The third-order valence-electron chi connectivity index (χ3n) is 5.78. The van der Waals surface area contributed by atoms with E-state index in [9.17, 15) is 4.79 Å². The average Bonchev–Trinajstić information content (AvgIpc) is 2.68. The summed E-state index contributed by atoms with van der Waals surface area (Å²) in [7, 11) is 3.90. The zero-order chi connectivity index (χ0) is 17.6. The number of anilines is 1. The number of methoxy groups -OCH3 is 1. The molecule has 25 heavy (non-hydrogen) atoms. The van der Waals surface area contributed by atoms with E-state index in [4.69, 9.17) is 4.74 Å². The summed E-state index contributed by atoms with van der Waals surface area (Å²) in [6.45, 7) is 1.64. The summed E-state index contributed by atoms with van der Waals surface area (Å²) in [6, 6.07) is 11.2. The lowest BCUT2D eigenvalue weighted by atomic mass is 9.92. The lowest BCUT2D eigenvalue weighted by molar-refractivity contribution is 0.0426. The summed E-state index contributed by atoms with van der Waals surface area (Å²) in [4.78, 5) is 16.9. The fourth-order valence-corrected chi connectivity index (χ4v) is 4.12. The molecule has 1 saturated heterocycles. The Morgan fingerprint density at radius 3 is 2.48 bits per heavy atom. The van der Waals surface area contributed by atoms with Gasteiger partial charge < -0.3 is 19.9 Å². The van der Waals surface area contributed by atoms with Crippen molar-refractivity contribution in [3.05, 3.63) is 30.3 Å². The van der Waals surface area contributed by atoms with Crippen LogP contribution in [0.25, 0.3) is 0 Å². The van der Waals surface area contributed by atoms with Gasteiger partial charge in [0.05, 0.1) is 12.1 Å². The predicted molar refractivity (Wildman–Crippen MR) is 101 cm³/mol. The van der Waals surface area contributed by atoms with Crippen LogP contribution in [0.3, 0.4) is 0 Å². The monoisotopic (exact) mass is 345 g/mol. The van der Waals surface area contributed by atoms with Gasteiger partial charge in [-0.1, -0.05) is 31.0 Å². The van der Waals surface area contributed by atoms with Crippen molar-refractivity contribution in [1.29, 1.82) is 0 Å². The van der Waals surface area contributed by atoms with E-state index in [1.54, 1.807) is 7.11 Å². The first-order valence-electron chi connectivity index (χ1n) is 9.55. The molecule has 1 aromatic carbocycles. The van der Waals surface area contributed by atoms with E-state index in [2.05, 4.69) is 41.5 Å². The molecule has 1 heterocycles. The van der Waals surface area contributed by atoms with Crippen molar-refractivity contribution in [2.24, 2.45) is 0 Å². The van der Waals surface area contributed by atoms with Crippen LogP contribution < -0.4 is 10.2 Å². The maximum atomic E-state index is 12.6. The summed E-state index contributed by atoms with van der Waals surface area (Å²) in [6.07, 6.45) is 6.63. The third kappa shape index (κ3) is 4.46. The summed E-state index contributed by atoms with van der Waals surface area (Å²) < 4.78 is 5.55. The normalized spacial score (nSPS) is 24.8. The number of carbonyl (C=O) groups excluding carboxylic acids is 1. The highest BCUT2D eigenvalue weighted by atomic mass is 16.5. The van der Waals surface area contributed by atoms with Crippen LogP contribution in [-0.4, -0.2) is 56.4 Å². The first-order chi connectivity index (χ1) is 12.2. The Morgan fingerprint density at radius 2 is 1.80 bits per heavy atom. The van der Waals surface area contributed by atoms with Crippen molar-refractivity contribution in [2.75, 3.05) is 32.1 Å². The van der Waals surface area contributed by atoms with Gasteiger partial charge in [-0.3, -0.25) is 0 Å². The van der Waals surface area contributed by atoms with Crippen LogP contribution in [0.4, 0.5) is 10.5 Å². The van der Waals surface area contributed by atoms with E-state index in [0.29, 0.717) is 6.04 Å². The smallest absolute Gasteiger partial charge is 0.317 e. The number of hydrogen-bond donors (Lipinski definition) is 1. The second-order valence-electron chi connectivity index (χ2n) is 7.28. The molecule has 1 N–H and O–H groups in total. The van der Waals surface area contributed by atoms with Crippen molar-refractivity contribution >= 4 is 11.7 Å². The van der Waals surface area contributed by atoms with Crippen LogP contribution in [0.15, 0.2) is 30.3 Å². The summed E-state index contributed by atoms with van der Waals surface area (Å²) in [5.41, 5.74) is 1.25. The predicted octanol–water partition coefficient (Wildman–Crippen LogP) is 3.25. The zero-order valence-electron chi connectivity index (χ0n) is 15.5. The van der Waals surface area contributed by atoms with Gasteiger partial charge in [-0.25, -0.2) is 4.79 Å². The Balaban J connectivity index is 1.49. The molecule has 2 aliphatic rings. The lowest BCUT2D eigenvalue weighted by Crippen LogP contribution is -2.54. The minimum atomic E-state index is 0.0785. The first-order valence-corrected chi connectivity index (χ1v) is 9.55. The maximum Gasteiger partial charge on any atom is 0.317 e. The Labute approximate surface area is 151 Å². The Hall–Kier alpha value is -1.75. The summed E-state index contributed by atoms with van der Waals surface area (Å²) >= 11 is 0. The van der Waals surface area contributed by atoms with Gasteiger partial charge in [0.25, 0.3) is 0 Å². The van der Waals surface area contributed by atoms with E-state index in [1.807, 2.05) is 11.0 Å². The van der Waals surface area contributed by atoms with Crippen molar-refractivity contribution in [3.63, 3.8) is 0 Å². The van der Waals surface area contributed by atoms with E-state index >= 15 is 0 Å². The van der Waals surface area contributed by atoms with E-state index < -0.39 is 0 Å². The minimum Gasteiger partial charge on any atom is -0.379 e. The topological polar surface area (TPSA) is 44.8 Å². The number of nitrogens with zero attached hydrogens (tertiary/aromatic N) is 2. The summed E-state index contributed by atoms with van der Waals surface area (Å²) in [5.74, 6) is 0. The minimum absolute atomic E-state index is 0.0785. The number of para-hydroxylation sites is 1. The molecule has 0 bridgehead atoms. The molecule has 2 amide bonds. The molecule has 5 heteroatoms. The largest absolute Gasteiger partial charge is 0.379 e. The molecule has 2 fully saturated rings. The molecule has 138 valence electrons. The number of urea groups is 1. The van der Waals surface area contributed by atoms with Crippen LogP contribution in [0.5, 0.6) is 0 Å². The van der Waals surface area contributed by atoms with Crippen molar-refractivity contribution in [2.45, 2.75) is 56.7 Å². The van der Waals surface area contributed by atoms with Gasteiger partial charge >= 0.3 is 6.03 Å². The molecule has 3 rings (SSSR count). The Morgan fingerprint density at radius 1 is 1.12 bits per heavy atom. The molecule has 1 aromatic rings. The molecular weight excluding hydrogens is 314 g/mol. The first kappa shape index (κ1) is 18.1. The van der Waals surface area contributed by atoms with E-state index in [-0.39, 0.29) is 18.2 Å². The molecule has 1 aliphatic heterocycles. The van der Waals surface area contributed by atoms with Gasteiger partial charge in [-0.15, -0.1) is 0 Å². The molecular formula is C20H31N3O2. The fraction of sp³-hybridized carbons (Fsp3) is 0.650.